The molecule has 2 aromatic carbocycles. The van der Waals surface area contributed by atoms with Crippen molar-refractivity contribution in [2.75, 3.05) is 0 Å². The summed E-state index contributed by atoms with van der Waals surface area (Å²) in [6, 6.07) is 4.37. The van der Waals surface area contributed by atoms with E-state index in [0.29, 0.717) is 11.8 Å². The van der Waals surface area contributed by atoms with Crippen molar-refractivity contribution in [3.05, 3.63) is 44.4 Å². The van der Waals surface area contributed by atoms with Crippen LogP contribution in [-0.4, -0.2) is 0 Å². The van der Waals surface area contributed by atoms with Crippen LogP contribution in [0.15, 0.2) is 12.1 Å². The number of aryl methyl sites for hydroxylation is 2. The second-order valence-electron chi connectivity index (χ2n) is 7.82. The normalized spacial score (nSPS) is 14.0. The third-order valence-corrected chi connectivity index (χ3v) is 6.72. The minimum Gasteiger partial charge on any atom is -0.0840 e. The van der Waals surface area contributed by atoms with E-state index in [1.54, 1.807) is 0 Å². The van der Waals surface area contributed by atoms with E-state index in [0.717, 1.165) is 22.9 Å². The van der Waals surface area contributed by atoms with Gasteiger partial charge in [0.25, 0.3) is 0 Å². The number of benzene rings is 2. The van der Waals surface area contributed by atoms with Gasteiger partial charge < -0.3 is 0 Å². The molecule has 0 spiro atoms. The summed E-state index contributed by atoms with van der Waals surface area (Å²) in [7, 11) is 0. The molecule has 0 saturated heterocycles. The largest absolute Gasteiger partial charge is 0.0840 e. The summed E-state index contributed by atoms with van der Waals surface area (Å²) in [6.45, 7) is 13.4. The van der Waals surface area contributed by atoms with Gasteiger partial charge in [-0.3, -0.25) is 0 Å². The molecule has 2 heteroatoms. The molecule has 0 amide bonds. The van der Waals surface area contributed by atoms with Crippen molar-refractivity contribution in [2.45, 2.75) is 91.9 Å². The van der Waals surface area contributed by atoms with E-state index in [4.69, 9.17) is 23.2 Å². The lowest BCUT2D eigenvalue weighted by Crippen LogP contribution is -2.05. The monoisotopic (exact) mass is 392 g/mol. The van der Waals surface area contributed by atoms with Crippen molar-refractivity contribution in [2.24, 2.45) is 0 Å². The number of halogens is 2. The van der Waals surface area contributed by atoms with Crippen molar-refractivity contribution in [3.63, 3.8) is 0 Å². The Bertz CT molecular complexity index is 761. The first-order valence-electron chi connectivity index (χ1n) is 10.3. The quantitative estimate of drug-likeness (QED) is 0.392. The SMILES string of the molecule is CCCCCC(CC)c1cc(Cl)c(C)c2c(C)cc(Cl)c(C(C)CC)c12. The van der Waals surface area contributed by atoms with Gasteiger partial charge in [0.05, 0.1) is 0 Å². The van der Waals surface area contributed by atoms with Crippen LogP contribution in [0.5, 0.6) is 0 Å². The Morgan fingerprint density at radius 1 is 0.885 bits per heavy atom. The Labute approximate surface area is 170 Å². The number of hydrogen-bond acceptors (Lipinski definition) is 0. The zero-order valence-corrected chi connectivity index (χ0v) is 18.8. The maximum atomic E-state index is 6.79. The third kappa shape index (κ3) is 4.23. The molecule has 0 bridgehead atoms. The average molecular weight is 393 g/mol. The van der Waals surface area contributed by atoms with Crippen LogP contribution in [0.25, 0.3) is 10.8 Å². The lowest BCUT2D eigenvalue weighted by atomic mass is 9.81. The summed E-state index contributed by atoms with van der Waals surface area (Å²) in [5.74, 6) is 0.987. The molecule has 0 fully saturated rings. The molecule has 2 rings (SSSR count). The molecule has 0 saturated carbocycles. The first-order chi connectivity index (χ1) is 12.4. The highest BCUT2D eigenvalue weighted by molar-refractivity contribution is 6.34. The Hall–Kier alpha value is -0.720. The standard InChI is InChI=1S/C24H34Cl2/c1-7-10-11-12-18(9-3)19-14-20(25)17(6)22-16(5)13-21(26)23(24(19)22)15(4)8-2/h13-15,18H,7-12H2,1-6H3. The second-order valence-corrected chi connectivity index (χ2v) is 8.64. The summed E-state index contributed by atoms with van der Waals surface area (Å²) in [4.78, 5) is 0. The van der Waals surface area contributed by atoms with Crippen LogP contribution in [0.2, 0.25) is 10.0 Å². The molecule has 2 unspecified atom stereocenters. The fourth-order valence-corrected chi connectivity index (χ4v) is 4.90. The highest BCUT2D eigenvalue weighted by atomic mass is 35.5. The van der Waals surface area contributed by atoms with Gasteiger partial charge in [-0.05, 0) is 90.1 Å². The highest BCUT2D eigenvalue weighted by Gasteiger charge is 2.23. The second kappa shape index (κ2) is 9.47. The van der Waals surface area contributed by atoms with Crippen LogP contribution in [-0.2, 0) is 0 Å². The van der Waals surface area contributed by atoms with E-state index in [1.807, 2.05) is 0 Å². The minimum atomic E-state index is 0.443. The van der Waals surface area contributed by atoms with Crippen LogP contribution >= 0.6 is 23.2 Å². The molecular formula is C24H34Cl2. The van der Waals surface area contributed by atoms with E-state index in [1.165, 1.54) is 58.7 Å². The lowest BCUT2D eigenvalue weighted by Gasteiger charge is -2.25. The number of unbranched alkanes of at least 4 members (excludes halogenated alkanes) is 2. The predicted molar refractivity (Wildman–Crippen MR) is 119 cm³/mol. The molecule has 0 nitrogen and oxygen atoms in total. The molecule has 26 heavy (non-hydrogen) atoms. The molecule has 0 heterocycles. The number of hydrogen-bond donors (Lipinski definition) is 0. The van der Waals surface area contributed by atoms with Crippen LogP contribution < -0.4 is 0 Å². The Kier molecular flexibility index (Phi) is 7.86. The average Bonchev–Trinajstić information content (AvgIpc) is 2.61. The van der Waals surface area contributed by atoms with E-state index in [-0.39, 0.29) is 0 Å². The van der Waals surface area contributed by atoms with Gasteiger partial charge in [0.15, 0.2) is 0 Å². The van der Waals surface area contributed by atoms with Gasteiger partial charge in [-0.25, -0.2) is 0 Å². The minimum absolute atomic E-state index is 0.443. The van der Waals surface area contributed by atoms with Crippen molar-refractivity contribution in [1.82, 2.24) is 0 Å². The predicted octanol–water partition coefficient (Wildman–Crippen LogP) is 9.35. The number of rotatable bonds is 8. The molecule has 2 atom stereocenters. The molecule has 0 radical (unpaired) electrons. The first kappa shape index (κ1) is 21.6. The van der Waals surface area contributed by atoms with Crippen LogP contribution in [0, 0.1) is 13.8 Å². The van der Waals surface area contributed by atoms with Gasteiger partial charge in [-0.1, -0.05) is 70.2 Å². The molecule has 2 aromatic rings. The fourth-order valence-electron chi connectivity index (χ4n) is 4.24. The summed E-state index contributed by atoms with van der Waals surface area (Å²) < 4.78 is 0. The summed E-state index contributed by atoms with van der Waals surface area (Å²) >= 11 is 13.5. The zero-order valence-electron chi connectivity index (χ0n) is 17.3. The maximum Gasteiger partial charge on any atom is 0.0449 e. The smallest absolute Gasteiger partial charge is 0.0449 e. The van der Waals surface area contributed by atoms with Crippen molar-refractivity contribution >= 4 is 34.0 Å². The van der Waals surface area contributed by atoms with Crippen LogP contribution in [0.4, 0.5) is 0 Å². The summed E-state index contributed by atoms with van der Waals surface area (Å²) in [5.41, 5.74) is 5.16. The highest BCUT2D eigenvalue weighted by Crippen LogP contribution is 2.44. The van der Waals surface area contributed by atoms with Gasteiger partial charge in [0, 0.05) is 10.0 Å². The van der Waals surface area contributed by atoms with E-state index in [9.17, 15) is 0 Å². The molecule has 0 aliphatic rings. The van der Waals surface area contributed by atoms with E-state index >= 15 is 0 Å². The lowest BCUT2D eigenvalue weighted by molar-refractivity contribution is 0.555. The topological polar surface area (TPSA) is 0 Å². The van der Waals surface area contributed by atoms with E-state index < -0.39 is 0 Å². The van der Waals surface area contributed by atoms with Crippen molar-refractivity contribution in [3.8, 4) is 0 Å². The fraction of sp³-hybridized carbons (Fsp3) is 0.583. The summed E-state index contributed by atoms with van der Waals surface area (Å²) in [6.07, 6.45) is 7.29. The Balaban J connectivity index is 2.82. The summed E-state index contributed by atoms with van der Waals surface area (Å²) in [5, 5.41) is 4.51. The van der Waals surface area contributed by atoms with Crippen molar-refractivity contribution in [1.29, 1.82) is 0 Å². The molecule has 0 aliphatic heterocycles. The molecule has 144 valence electrons. The number of fused-ring (bicyclic) bond motifs is 1. The first-order valence-corrected chi connectivity index (χ1v) is 11.0. The third-order valence-electron chi connectivity index (χ3n) is 6.01. The van der Waals surface area contributed by atoms with Gasteiger partial charge >= 0.3 is 0 Å². The Morgan fingerprint density at radius 3 is 2.15 bits per heavy atom. The van der Waals surface area contributed by atoms with Gasteiger partial charge in [-0.15, -0.1) is 0 Å². The molecule has 0 aromatic heterocycles. The van der Waals surface area contributed by atoms with E-state index in [2.05, 4.69) is 53.7 Å². The van der Waals surface area contributed by atoms with Gasteiger partial charge in [0.2, 0.25) is 0 Å². The molecule has 0 N–H and O–H groups in total. The van der Waals surface area contributed by atoms with Crippen LogP contribution in [0.1, 0.15) is 100 Å². The Morgan fingerprint density at radius 2 is 1.58 bits per heavy atom. The van der Waals surface area contributed by atoms with Crippen molar-refractivity contribution < 1.29 is 0 Å². The van der Waals surface area contributed by atoms with Gasteiger partial charge in [-0.2, -0.15) is 0 Å². The maximum absolute atomic E-state index is 6.79. The molecule has 0 aliphatic carbocycles. The zero-order chi connectivity index (χ0) is 19.4. The van der Waals surface area contributed by atoms with Gasteiger partial charge in [0.1, 0.15) is 0 Å². The molecular weight excluding hydrogens is 359 g/mol. The van der Waals surface area contributed by atoms with Crippen LogP contribution in [0.3, 0.4) is 0 Å².